The quantitative estimate of drug-likeness (QED) is 0.447. The fraction of sp³-hybridized carbons (Fsp3) is 0.480. The average Bonchev–Trinajstić information content (AvgIpc) is 2.71. The molecule has 0 aliphatic rings. The van der Waals surface area contributed by atoms with Crippen LogP contribution in [0.4, 0.5) is 13.2 Å². The van der Waals surface area contributed by atoms with Gasteiger partial charge < -0.3 is 5.11 Å². The minimum atomic E-state index is -4.30. The Morgan fingerprint density at radius 3 is 2.23 bits per heavy atom. The zero-order chi connectivity index (χ0) is 23.0. The molecule has 0 unspecified atom stereocenters. The summed E-state index contributed by atoms with van der Waals surface area (Å²) in [4.78, 5) is 13.4. The van der Waals surface area contributed by atoms with E-state index in [0.717, 1.165) is 61.1 Å². The number of carboxylic acids is 1. The summed E-state index contributed by atoms with van der Waals surface area (Å²) in [6, 6.07) is 13.8. The number of benzene rings is 2. The second kappa shape index (κ2) is 11.3. The Balaban J connectivity index is 1.97. The number of aliphatic carboxylic acids is 1. The predicted molar refractivity (Wildman–Crippen MR) is 117 cm³/mol. The van der Waals surface area contributed by atoms with E-state index < -0.39 is 17.7 Å². The van der Waals surface area contributed by atoms with E-state index in [2.05, 4.69) is 25.7 Å². The first-order valence-electron chi connectivity index (χ1n) is 10.8. The molecule has 0 aliphatic heterocycles. The SMILES string of the molecule is CC[C@H](C)N(Cc1cccc(CC(=O)O)c1)[C@H](C)CCCc1ccc(C(F)(F)F)cc1. The molecule has 2 aromatic carbocycles. The predicted octanol–water partition coefficient (Wildman–Crippen LogP) is 6.34. The molecule has 0 aliphatic carbocycles. The lowest BCUT2D eigenvalue weighted by atomic mass is 10.0. The van der Waals surface area contributed by atoms with Gasteiger partial charge in [-0.25, -0.2) is 0 Å². The largest absolute Gasteiger partial charge is 0.481 e. The molecular weight excluding hydrogens is 403 g/mol. The zero-order valence-electron chi connectivity index (χ0n) is 18.5. The van der Waals surface area contributed by atoms with Crippen molar-refractivity contribution in [3.63, 3.8) is 0 Å². The second-order valence-electron chi connectivity index (χ2n) is 8.26. The van der Waals surface area contributed by atoms with Crippen molar-refractivity contribution in [3.05, 3.63) is 70.8 Å². The molecule has 170 valence electrons. The number of nitrogens with zero attached hydrogens (tertiary/aromatic N) is 1. The molecule has 1 N–H and O–H groups in total. The molecule has 0 radical (unpaired) electrons. The van der Waals surface area contributed by atoms with Gasteiger partial charge in [-0.2, -0.15) is 13.2 Å². The van der Waals surface area contributed by atoms with Crippen molar-refractivity contribution in [3.8, 4) is 0 Å². The molecule has 31 heavy (non-hydrogen) atoms. The van der Waals surface area contributed by atoms with Crippen LogP contribution in [0.25, 0.3) is 0 Å². The molecule has 3 nitrogen and oxygen atoms in total. The van der Waals surface area contributed by atoms with Crippen LogP contribution in [0.3, 0.4) is 0 Å². The van der Waals surface area contributed by atoms with Crippen molar-refractivity contribution < 1.29 is 23.1 Å². The third kappa shape index (κ3) is 8.02. The molecule has 0 heterocycles. The van der Waals surface area contributed by atoms with Crippen LogP contribution in [0.2, 0.25) is 0 Å². The lowest BCUT2D eigenvalue weighted by Crippen LogP contribution is -2.39. The number of carboxylic acid groups (broad SMARTS) is 1. The summed E-state index contributed by atoms with van der Waals surface area (Å²) in [5.74, 6) is -0.840. The maximum absolute atomic E-state index is 12.7. The van der Waals surface area contributed by atoms with E-state index in [1.165, 1.54) is 0 Å². The van der Waals surface area contributed by atoms with E-state index in [1.54, 1.807) is 12.1 Å². The van der Waals surface area contributed by atoms with Crippen molar-refractivity contribution in [1.82, 2.24) is 4.90 Å². The van der Waals surface area contributed by atoms with Gasteiger partial charge in [-0.15, -0.1) is 0 Å². The Labute approximate surface area is 182 Å². The van der Waals surface area contributed by atoms with Crippen LogP contribution in [0.1, 0.15) is 62.3 Å². The van der Waals surface area contributed by atoms with Crippen LogP contribution in [0, 0.1) is 0 Å². The maximum atomic E-state index is 12.7. The fourth-order valence-corrected chi connectivity index (χ4v) is 3.83. The monoisotopic (exact) mass is 435 g/mol. The van der Waals surface area contributed by atoms with Crippen LogP contribution in [0.5, 0.6) is 0 Å². The van der Waals surface area contributed by atoms with Crippen LogP contribution >= 0.6 is 0 Å². The van der Waals surface area contributed by atoms with E-state index in [9.17, 15) is 18.0 Å². The molecule has 0 fully saturated rings. The molecule has 2 aromatic rings. The topological polar surface area (TPSA) is 40.5 Å². The van der Waals surface area contributed by atoms with E-state index in [1.807, 2.05) is 24.3 Å². The van der Waals surface area contributed by atoms with Crippen LogP contribution in [-0.2, 0) is 30.4 Å². The summed E-state index contributed by atoms with van der Waals surface area (Å²) >= 11 is 0. The highest BCUT2D eigenvalue weighted by molar-refractivity contribution is 5.70. The van der Waals surface area contributed by atoms with Crippen molar-refractivity contribution in [1.29, 1.82) is 0 Å². The lowest BCUT2D eigenvalue weighted by Gasteiger charge is -2.34. The minimum absolute atomic E-state index is 0.0137. The molecule has 0 bridgehead atoms. The van der Waals surface area contributed by atoms with Crippen LogP contribution in [0.15, 0.2) is 48.5 Å². The highest BCUT2D eigenvalue weighted by atomic mass is 19.4. The summed E-state index contributed by atoms with van der Waals surface area (Å²) in [5.41, 5.74) is 2.19. The third-order valence-electron chi connectivity index (χ3n) is 5.80. The molecule has 0 amide bonds. The fourth-order valence-electron chi connectivity index (χ4n) is 3.83. The summed E-state index contributed by atoms with van der Waals surface area (Å²) in [7, 11) is 0. The minimum Gasteiger partial charge on any atom is -0.481 e. The first kappa shape index (κ1) is 24.9. The Kier molecular flexibility index (Phi) is 9.11. The van der Waals surface area contributed by atoms with Gasteiger partial charge in [0, 0.05) is 18.6 Å². The van der Waals surface area contributed by atoms with E-state index in [0.29, 0.717) is 12.1 Å². The first-order valence-corrected chi connectivity index (χ1v) is 10.8. The summed E-state index contributed by atoms with van der Waals surface area (Å²) in [5, 5.41) is 9.03. The molecule has 2 rings (SSSR count). The van der Waals surface area contributed by atoms with E-state index >= 15 is 0 Å². The van der Waals surface area contributed by atoms with Gasteiger partial charge in [-0.3, -0.25) is 9.69 Å². The van der Waals surface area contributed by atoms with Crippen molar-refractivity contribution in [2.45, 2.75) is 77.7 Å². The Hall–Kier alpha value is -2.34. The number of hydrogen-bond donors (Lipinski definition) is 1. The normalized spacial score (nSPS) is 13.9. The first-order chi connectivity index (χ1) is 14.6. The average molecular weight is 436 g/mol. The van der Waals surface area contributed by atoms with Crippen LogP contribution < -0.4 is 0 Å². The maximum Gasteiger partial charge on any atom is 0.416 e. The number of carbonyl (C=O) groups is 1. The lowest BCUT2D eigenvalue weighted by molar-refractivity contribution is -0.138. The van der Waals surface area contributed by atoms with Gasteiger partial charge in [0.2, 0.25) is 0 Å². The number of halogens is 3. The van der Waals surface area contributed by atoms with Crippen LogP contribution in [-0.4, -0.2) is 28.1 Å². The molecular formula is C25H32F3NO2. The molecule has 0 aromatic heterocycles. The number of hydrogen-bond acceptors (Lipinski definition) is 2. The Morgan fingerprint density at radius 1 is 1.00 bits per heavy atom. The van der Waals surface area contributed by atoms with Crippen molar-refractivity contribution in [2.75, 3.05) is 0 Å². The molecule has 6 heteroatoms. The number of alkyl halides is 3. The van der Waals surface area contributed by atoms with Gasteiger partial charge in [-0.05, 0) is 68.4 Å². The van der Waals surface area contributed by atoms with Crippen molar-refractivity contribution >= 4 is 5.97 Å². The number of aryl methyl sites for hydroxylation is 1. The Morgan fingerprint density at radius 2 is 1.65 bits per heavy atom. The number of rotatable bonds is 11. The smallest absolute Gasteiger partial charge is 0.416 e. The van der Waals surface area contributed by atoms with Gasteiger partial charge >= 0.3 is 12.1 Å². The van der Waals surface area contributed by atoms with E-state index in [-0.39, 0.29) is 6.42 Å². The molecule has 2 atom stereocenters. The van der Waals surface area contributed by atoms with Gasteiger partial charge in [0.1, 0.15) is 0 Å². The summed E-state index contributed by atoms with van der Waals surface area (Å²) in [6.45, 7) is 7.25. The summed E-state index contributed by atoms with van der Waals surface area (Å²) in [6.07, 6.45) is -0.729. The Bertz CT molecular complexity index is 833. The van der Waals surface area contributed by atoms with Gasteiger partial charge in [0.15, 0.2) is 0 Å². The highest BCUT2D eigenvalue weighted by Crippen LogP contribution is 2.29. The van der Waals surface area contributed by atoms with Gasteiger partial charge in [-0.1, -0.05) is 43.3 Å². The second-order valence-corrected chi connectivity index (χ2v) is 8.26. The van der Waals surface area contributed by atoms with Gasteiger partial charge in [0.25, 0.3) is 0 Å². The van der Waals surface area contributed by atoms with Gasteiger partial charge in [0.05, 0.1) is 12.0 Å². The van der Waals surface area contributed by atoms with Crippen molar-refractivity contribution in [2.24, 2.45) is 0 Å². The molecule has 0 saturated carbocycles. The standard InChI is InChI=1S/C25H32F3NO2/c1-4-18(2)29(17-22-10-6-9-21(15-22)16-24(30)31)19(3)7-5-8-20-11-13-23(14-12-20)25(26,27)28/h6,9-15,18-19H,4-5,7-8,16-17H2,1-3H3,(H,30,31)/t18-,19+/m0/s1. The molecule has 0 saturated heterocycles. The molecule has 0 spiro atoms. The third-order valence-corrected chi connectivity index (χ3v) is 5.80. The summed E-state index contributed by atoms with van der Waals surface area (Å²) < 4.78 is 38.1. The zero-order valence-corrected chi connectivity index (χ0v) is 18.5. The highest BCUT2D eigenvalue weighted by Gasteiger charge is 2.29. The van der Waals surface area contributed by atoms with E-state index in [4.69, 9.17) is 5.11 Å².